The molecule has 5 N–H and O–H groups in total. The third-order valence-electron chi connectivity index (χ3n) is 6.40. The molecule has 16 heteroatoms. The van der Waals surface area contributed by atoms with Gasteiger partial charge in [-0.25, -0.2) is 24.0 Å². The number of nitrogens with zero attached hydrogens (tertiary/aromatic N) is 1. The lowest BCUT2D eigenvalue weighted by Gasteiger charge is -2.20. The summed E-state index contributed by atoms with van der Waals surface area (Å²) in [5.74, 6) is -4.54. The van der Waals surface area contributed by atoms with E-state index >= 15 is 0 Å². The number of hydrazine groups is 1. The lowest BCUT2D eigenvalue weighted by molar-refractivity contribution is -0.124. The molecular weight excluding hydrogens is 606 g/mol. The number of halogens is 4. The minimum absolute atomic E-state index is 0.0342. The van der Waals surface area contributed by atoms with Crippen molar-refractivity contribution < 1.29 is 50.6 Å². The van der Waals surface area contributed by atoms with Gasteiger partial charge in [0.25, 0.3) is 11.8 Å². The zero-order valence-electron chi connectivity index (χ0n) is 24.4. The number of nitrogens with two attached hydrogens (primary N) is 1. The number of benzene rings is 2. The van der Waals surface area contributed by atoms with Gasteiger partial charge in [0.05, 0.1) is 6.61 Å². The second-order valence-electron chi connectivity index (χ2n) is 10.5. The second-order valence-corrected chi connectivity index (χ2v) is 10.5. The van der Waals surface area contributed by atoms with E-state index in [9.17, 15) is 31.9 Å². The molecular formula is C29H31F4N5O7. The Bertz CT molecular complexity index is 1550. The van der Waals surface area contributed by atoms with Crippen LogP contribution in [0.15, 0.2) is 40.8 Å². The minimum atomic E-state index is -3.12. The van der Waals surface area contributed by atoms with Crippen molar-refractivity contribution in [2.24, 2.45) is 11.7 Å². The number of ether oxygens (including phenoxy) is 3. The van der Waals surface area contributed by atoms with Crippen molar-refractivity contribution in [2.45, 2.75) is 58.4 Å². The quantitative estimate of drug-likeness (QED) is 0.145. The Kier molecular flexibility index (Phi) is 10.5. The van der Waals surface area contributed by atoms with Gasteiger partial charge in [-0.1, -0.05) is 6.07 Å². The van der Waals surface area contributed by atoms with Crippen LogP contribution in [0.2, 0.25) is 0 Å². The van der Waals surface area contributed by atoms with Gasteiger partial charge < -0.3 is 29.7 Å². The Morgan fingerprint density at radius 1 is 1.07 bits per heavy atom. The average molecular weight is 638 g/mol. The number of nitrogens with one attached hydrogen (secondary N) is 3. The first-order valence-corrected chi connectivity index (χ1v) is 13.8. The van der Waals surface area contributed by atoms with E-state index in [1.807, 2.05) is 0 Å². The molecule has 1 aromatic heterocycles. The minimum Gasteiger partial charge on any atom is -0.489 e. The molecule has 1 aliphatic rings. The summed E-state index contributed by atoms with van der Waals surface area (Å²) < 4.78 is 75.5. The second kappa shape index (κ2) is 14.3. The Hall–Kier alpha value is -4.86. The highest BCUT2D eigenvalue weighted by molar-refractivity contribution is 5.97. The Labute approximate surface area is 254 Å². The molecule has 0 spiro atoms. The molecule has 3 amide bonds. The van der Waals surface area contributed by atoms with E-state index in [1.165, 1.54) is 25.1 Å². The summed E-state index contributed by atoms with van der Waals surface area (Å²) in [4.78, 5) is 42.4. The van der Waals surface area contributed by atoms with Crippen molar-refractivity contribution in [3.63, 3.8) is 0 Å². The van der Waals surface area contributed by atoms with E-state index in [2.05, 4.69) is 25.9 Å². The van der Waals surface area contributed by atoms with Crippen LogP contribution in [0.25, 0.3) is 11.5 Å². The molecule has 0 saturated heterocycles. The molecule has 0 radical (unpaired) electrons. The fourth-order valence-corrected chi connectivity index (χ4v) is 4.07. The van der Waals surface area contributed by atoms with E-state index in [4.69, 9.17) is 19.6 Å². The van der Waals surface area contributed by atoms with E-state index < -0.39 is 54.0 Å². The first kappa shape index (κ1) is 33.0. The van der Waals surface area contributed by atoms with Crippen LogP contribution in [-0.2, 0) is 9.53 Å². The number of carbonyl (C=O) groups excluding carboxylic acids is 3. The molecule has 242 valence electrons. The lowest BCUT2D eigenvalue weighted by atomic mass is 10.0. The van der Waals surface area contributed by atoms with E-state index in [-0.39, 0.29) is 52.8 Å². The number of aromatic nitrogens is 1. The molecule has 2 aromatic carbocycles. The standard InChI is InChI=1S/C29H31F4N5O7/c1-13(2)37-38-26(40)22(18-8-7-17(30)11-19(18)31)35-25(39)23-24(14(3)43-29(34)41)45-27(36-23)16-6-9-20(44-28(32)33)21(10-16)42-12-15-4-5-15/h6-11,13-15,22,28,37H,4-5,12H2,1-3H3,(H2,34,41)(H,35,39)(H,38,40)/t14-,22?/m0/s1. The number of oxazole rings is 1. The summed E-state index contributed by atoms with van der Waals surface area (Å²) in [6, 6.07) is 4.35. The van der Waals surface area contributed by atoms with Crippen LogP contribution < -0.4 is 31.4 Å². The summed E-state index contributed by atoms with van der Waals surface area (Å²) in [5.41, 5.74) is 9.45. The summed E-state index contributed by atoms with van der Waals surface area (Å²) in [6.45, 7) is 1.88. The largest absolute Gasteiger partial charge is 0.489 e. The number of hydrogen-bond acceptors (Lipinski definition) is 9. The van der Waals surface area contributed by atoms with E-state index in [0.717, 1.165) is 25.0 Å². The summed E-state index contributed by atoms with van der Waals surface area (Å²) in [7, 11) is 0. The number of alkyl halides is 2. The van der Waals surface area contributed by atoms with Crippen LogP contribution in [0.3, 0.4) is 0 Å². The van der Waals surface area contributed by atoms with Crippen LogP contribution in [0.4, 0.5) is 22.4 Å². The fourth-order valence-electron chi connectivity index (χ4n) is 4.07. The Balaban J connectivity index is 1.72. The molecule has 1 unspecified atom stereocenters. The summed E-state index contributed by atoms with van der Waals surface area (Å²) >= 11 is 0. The first-order valence-electron chi connectivity index (χ1n) is 13.8. The van der Waals surface area contributed by atoms with E-state index in [1.54, 1.807) is 13.8 Å². The zero-order valence-corrected chi connectivity index (χ0v) is 24.4. The highest BCUT2D eigenvalue weighted by Gasteiger charge is 2.32. The highest BCUT2D eigenvalue weighted by Crippen LogP contribution is 2.37. The Morgan fingerprint density at radius 2 is 1.80 bits per heavy atom. The van der Waals surface area contributed by atoms with Crippen molar-refractivity contribution in [1.29, 1.82) is 0 Å². The predicted octanol–water partition coefficient (Wildman–Crippen LogP) is 4.67. The van der Waals surface area contributed by atoms with Crippen molar-refractivity contribution in [3.05, 3.63) is 65.1 Å². The average Bonchev–Trinajstić information content (AvgIpc) is 3.68. The maximum Gasteiger partial charge on any atom is 0.405 e. The van der Waals surface area contributed by atoms with Gasteiger partial charge in [0.1, 0.15) is 17.7 Å². The molecule has 1 fully saturated rings. The van der Waals surface area contributed by atoms with Gasteiger partial charge in [-0.2, -0.15) is 8.78 Å². The van der Waals surface area contributed by atoms with Crippen molar-refractivity contribution in [3.8, 4) is 23.0 Å². The number of amides is 3. The molecule has 1 saturated carbocycles. The third-order valence-corrected chi connectivity index (χ3v) is 6.40. The molecule has 45 heavy (non-hydrogen) atoms. The van der Waals surface area contributed by atoms with Crippen LogP contribution in [0.1, 0.15) is 67.6 Å². The topological polar surface area (TPSA) is 167 Å². The number of hydrogen-bond donors (Lipinski definition) is 4. The van der Waals surface area contributed by atoms with Crippen LogP contribution in [-0.4, -0.2) is 42.2 Å². The smallest absolute Gasteiger partial charge is 0.405 e. The van der Waals surface area contributed by atoms with Crippen LogP contribution in [0.5, 0.6) is 11.5 Å². The SMILES string of the molecule is CC(C)NNC(=O)C(NC(=O)c1nc(-c2ccc(OC(F)F)c(OCC3CC3)c2)oc1[C@H](C)OC(N)=O)c1ccc(F)cc1F. The fraction of sp³-hybridized carbons (Fsp3) is 0.379. The molecule has 1 aliphatic carbocycles. The predicted molar refractivity (Wildman–Crippen MR) is 149 cm³/mol. The molecule has 4 rings (SSSR count). The lowest BCUT2D eigenvalue weighted by Crippen LogP contribution is -2.48. The molecule has 12 nitrogen and oxygen atoms in total. The van der Waals surface area contributed by atoms with Crippen molar-refractivity contribution >= 4 is 17.9 Å². The molecule has 3 aromatic rings. The van der Waals surface area contributed by atoms with Gasteiger partial charge in [-0.15, -0.1) is 0 Å². The van der Waals surface area contributed by atoms with Gasteiger partial charge in [0.15, 0.2) is 29.1 Å². The molecule has 1 heterocycles. The Morgan fingerprint density at radius 3 is 2.42 bits per heavy atom. The van der Waals surface area contributed by atoms with Gasteiger partial charge in [0, 0.05) is 23.2 Å². The molecule has 2 atom stereocenters. The van der Waals surface area contributed by atoms with Crippen LogP contribution >= 0.6 is 0 Å². The van der Waals surface area contributed by atoms with Crippen molar-refractivity contribution in [1.82, 2.24) is 21.2 Å². The third kappa shape index (κ3) is 8.84. The summed E-state index contributed by atoms with van der Waals surface area (Å²) in [6.07, 6.45) is -0.632. The normalized spacial score (nSPS) is 14.2. The maximum atomic E-state index is 14.8. The molecule has 0 aliphatic heterocycles. The van der Waals surface area contributed by atoms with Crippen LogP contribution in [0, 0.1) is 17.6 Å². The summed E-state index contributed by atoms with van der Waals surface area (Å²) in [5, 5.41) is 2.35. The number of rotatable bonds is 14. The first-order chi connectivity index (χ1) is 21.3. The highest BCUT2D eigenvalue weighted by atomic mass is 19.3. The number of carbonyl (C=O) groups is 3. The van der Waals surface area contributed by atoms with Crippen molar-refractivity contribution in [2.75, 3.05) is 6.61 Å². The monoisotopic (exact) mass is 637 g/mol. The van der Waals surface area contributed by atoms with E-state index in [0.29, 0.717) is 6.07 Å². The zero-order chi connectivity index (χ0) is 32.8. The molecule has 0 bridgehead atoms. The van der Waals surface area contributed by atoms with Gasteiger partial charge in [-0.3, -0.25) is 15.0 Å². The van der Waals surface area contributed by atoms with Gasteiger partial charge in [0.2, 0.25) is 5.89 Å². The van der Waals surface area contributed by atoms with Gasteiger partial charge in [-0.05, 0) is 63.8 Å². The maximum absolute atomic E-state index is 14.8. The van der Waals surface area contributed by atoms with Gasteiger partial charge >= 0.3 is 12.7 Å². The number of primary amides is 1.